The Hall–Kier alpha value is -2.27. The Labute approximate surface area is 125 Å². The molecule has 0 spiro atoms. The van der Waals surface area contributed by atoms with Crippen molar-refractivity contribution in [2.24, 2.45) is 0 Å². The molecular weight excluding hydrogens is 286 g/mol. The van der Waals surface area contributed by atoms with Crippen LogP contribution in [0.15, 0.2) is 58.2 Å². The zero-order valence-corrected chi connectivity index (χ0v) is 12.0. The summed E-state index contributed by atoms with van der Waals surface area (Å²) in [5.74, 6) is -0.190. The van der Waals surface area contributed by atoms with Gasteiger partial charge in [-0.25, -0.2) is 4.98 Å². The number of hydrogen-bond acceptors (Lipinski definition) is 4. The maximum absolute atomic E-state index is 10.9. The highest BCUT2D eigenvalue weighted by Crippen LogP contribution is 2.27. The van der Waals surface area contributed by atoms with Crippen LogP contribution in [0.5, 0.6) is 0 Å². The number of carboxylic acid groups (broad SMARTS) is 1. The number of oxazole rings is 1. The molecule has 5 heteroatoms. The van der Waals surface area contributed by atoms with Crippen LogP contribution in [0.4, 0.5) is 0 Å². The van der Waals surface area contributed by atoms with Crippen LogP contribution in [-0.2, 0) is 17.0 Å². The molecule has 0 aliphatic heterocycles. The lowest BCUT2D eigenvalue weighted by Crippen LogP contribution is -2.02. The first-order chi connectivity index (χ1) is 10.2. The Balaban J connectivity index is 1.76. The average molecular weight is 299 g/mol. The number of rotatable bonds is 5. The molecular formula is C16H13NO3S. The Kier molecular flexibility index (Phi) is 3.92. The van der Waals surface area contributed by atoms with E-state index >= 15 is 0 Å². The molecule has 106 valence electrons. The zero-order chi connectivity index (χ0) is 14.7. The number of aliphatic carboxylic acids is 1. The Morgan fingerprint density at radius 2 is 1.81 bits per heavy atom. The minimum absolute atomic E-state index is 0.0320. The fraction of sp³-hybridized carbons (Fsp3) is 0.125. The van der Waals surface area contributed by atoms with Crippen LogP contribution in [-0.4, -0.2) is 16.1 Å². The normalized spacial score (nSPS) is 10.9. The molecule has 0 amide bonds. The summed E-state index contributed by atoms with van der Waals surface area (Å²) in [7, 11) is 0. The first-order valence-electron chi connectivity index (χ1n) is 6.49. The minimum Gasteiger partial charge on any atom is -0.481 e. The highest BCUT2D eigenvalue weighted by Gasteiger charge is 2.09. The highest BCUT2D eigenvalue weighted by atomic mass is 32.2. The molecule has 0 atom stereocenters. The van der Waals surface area contributed by atoms with Gasteiger partial charge >= 0.3 is 5.97 Å². The molecule has 0 saturated carbocycles. The Morgan fingerprint density at radius 1 is 1.10 bits per heavy atom. The number of carbonyl (C=O) groups is 1. The van der Waals surface area contributed by atoms with E-state index in [1.807, 2.05) is 48.5 Å². The van der Waals surface area contributed by atoms with Gasteiger partial charge in [-0.05, 0) is 23.3 Å². The first-order valence-corrected chi connectivity index (χ1v) is 7.48. The van der Waals surface area contributed by atoms with E-state index in [4.69, 9.17) is 9.52 Å². The van der Waals surface area contributed by atoms with Crippen molar-refractivity contribution in [2.75, 3.05) is 0 Å². The van der Waals surface area contributed by atoms with Crippen molar-refractivity contribution >= 4 is 28.8 Å². The molecule has 0 radical (unpaired) electrons. The number of para-hydroxylation sites is 2. The maximum atomic E-state index is 10.9. The first kappa shape index (κ1) is 13.7. The SMILES string of the molecule is O=C(O)Cc1ccccc1CSc1nc2ccccc2o1. The molecule has 2 aromatic carbocycles. The lowest BCUT2D eigenvalue weighted by molar-refractivity contribution is -0.136. The van der Waals surface area contributed by atoms with Crippen molar-refractivity contribution in [3.63, 3.8) is 0 Å². The number of hydrogen-bond donors (Lipinski definition) is 1. The van der Waals surface area contributed by atoms with Gasteiger partial charge < -0.3 is 9.52 Å². The summed E-state index contributed by atoms with van der Waals surface area (Å²) in [5.41, 5.74) is 3.42. The third-order valence-electron chi connectivity index (χ3n) is 3.09. The second-order valence-corrected chi connectivity index (χ2v) is 5.50. The minimum atomic E-state index is -0.825. The van der Waals surface area contributed by atoms with Gasteiger partial charge in [-0.3, -0.25) is 4.79 Å². The predicted molar refractivity (Wildman–Crippen MR) is 81.4 cm³/mol. The smallest absolute Gasteiger partial charge is 0.307 e. The third-order valence-corrected chi connectivity index (χ3v) is 3.96. The summed E-state index contributed by atoms with van der Waals surface area (Å²) in [6.07, 6.45) is 0.0320. The molecule has 0 fully saturated rings. The third kappa shape index (κ3) is 3.25. The molecule has 0 unspecified atom stereocenters. The Bertz CT molecular complexity index is 749. The summed E-state index contributed by atoms with van der Waals surface area (Å²) < 4.78 is 5.65. The molecule has 0 aliphatic rings. The lowest BCUT2D eigenvalue weighted by Gasteiger charge is -2.05. The molecule has 1 heterocycles. The average Bonchev–Trinajstić information content (AvgIpc) is 2.88. The van der Waals surface area contributed by atoms with Crippen LogP contribution in [0.2, 0.25) is 0 Å². The topological polar surface area (TPSA) is 63.3 Å². The van der Waals surface area contributed by atoms with Crippen molar-refractivity contribution in [3.8, 4) is 0 Å². The van der Waals surface area contributed by atoms with E-state index in [1.54, 1.807) is 0 Å². The molecule has 0 bridgehead atoms. The van der Waals surface area contributed by atoms with Gasteiger partial charge in [0.2, 0.25) is 0 Å². The van der Waals surface area contributed by atoms with Crippen LogP contribution in [0, 0.1) is 0 Å². The summed E-state index contributed by atoms with van der Waals surface area (Å²) in [6.45, 7) is 0. The zero-order valence-electron chi connectivity index (χ0n) is 11.2. The molecule has 1 aromatic heterocycles. The molecule has 0 aliphatic carbocycles. The lowest BCUT2D eigenvalue weighted by atomic mass is 10.1. The van der Waals surface area contributed by atoms with Crippen molar-refractivity contribution in [2.45, 2.75) is 17.4 Å². The van der Waals surface area contributed by atoms with Crippen molar-refractivity contribution in [3.05, 3.63) is 59.7 Å². The molecule has 4 nitrogen and oxygen atoms in total. The van der Waals surface area contributed by atoms with Crippen molar-refractivity contribution < 1.29 is 14.3 Å². The van der Waals surface area contributed by atoms with Gasteiger partial charge in [-0.2, -0.15) is 0 Å². The predicted octanol–water partition coefficient (Wildman–Crippen LogP) is 3.75. The van der Waals surface area contributed by atoms with Gasteiger partial charge in [-0.1, -0.05) is 48.2 Å². The number of benzene rings is 2. The van der Waals surface area contributed by atoms with Gasteiger partial charge in [0, 0.05) is 5.75 Å². The fourth-order valence-electron chi connectivity index (χ4n) is 2.09. The van der Waals surface area contributed by atoms with Crippen LogP contribution in [0.1, 0.15) is 11.1 Å². The molecule has 21 heavy (non-hydrogen) atoms. The van der Waals surface area contributed by atoms with Gasteiger partial charge in [0.05, 0.1) is 6.42 Å². The summed E-state index contributed by atoms with van der Waals surface area (Å²) in [4.78, 5) is 15.3. The van der Waals surface area contributed by atoms with E-state index in [0.29, 0.717) is 11.0 Å². The van der Waals surface area contributed by atoms with E-state index in [-0.39, 0.29) is 6.42 Å². The van der Waals surface area contributed by atoms with Crippen LogP contribution >= 0.6 is 11.8 Å². The van der Waals surface area contributed by atoms with Crippen molar-refractivity contribution in [1.29, 1.82) is 0 Å². The largest absolute Gasteiger partial charge is 0.481 e. The maximum Gasteiger partial charge on any atom is 0.307 e. The van der Waals surface area contributed by atoms with Gasteiger partial charge in [0.15, 0.2) is 5.58 Å². The molecule has 1 N–H and O–H groups in total. The molecule has 3 rings (SSSR count). The van der Waals surface area contributed by atoms with Crippen LogP contribution < -0.4 is 0 Å². The highest BCUT2D eigenvalue weighted by molar-refractivity contribution is 7.98. The number of fused-ring (bicyclic) bond motifs is 1. The number of aromatic nitrogens is 1. The summed E-state index contributed by atoms with van der Waals surface area (Å²) >= 11 is 1.47. The standard InChI is InChI=1S/C16H13NO3S/c18-15(19)9-11-5-1-2-6-12(11)10-21-16-17-13-7-3-4-8-14(13)20-16/h1-8H,9-10H2,(H,18,19). The number of carboxylic acids is 1. The number of nitrogens with zero attached hydrogens (tertiary/aromatic N) is 1. The fourth-order valence-corrected chi connectivity index (χ4v) is 2.96. The van der Waals surface area contributed by atoms with Crippen LogP contribution in [0.3, 0.4) is 0 Å². The molecule has 3 aromatic rings. The van der Waals surface area contributed by atoms with Crippen molar-refractivity contribution in [1.82, 2.24) is 4.98 Å². The Morgan fingerprint density at radius 3 is 2.57 bits per heavy atom. The number of thioether (sulfide) groups is 1. The van der Waals surface area contributed by atoms with Gasteiger partial charge in [0.25, 0.3) is 5.22 Å². The van der Waals surface area contributed by atoms with E-state index in [0.717, 1.165) is 22.2 Å². The van der Waals surface area contributed by atoms with E-state index in [9.17, 15) is 4.79 Å². The second kappa shape index (κ2) is 6.01. The van der Waals surface area contributed by atoms with E-state index in [1.165, 1.54) is 11.8 Å². The van der Waals surface area contributed by atoms with Gasteiger partial charge in [-0.15, -0.1) is 0 Å². The quantitative estimate of drug-likeness (QED) is 0.727. The monoisotopic (exact) mass is 299 g/mol. The van der Waals surface area contributed by atoms with E-state index < -0.39 is 5.97 Å². The van der Waals surface area contributed by atoms with Gasteiger partial charge in [0.1, 0.15) is 5.52 Å². The molecule has 0 saturated heterocycles. The second-order valence-electron chi connectivity index (χ2n) is 4.58. The van der Waals surface area contributed by atoms with Crippen LogP contribution in [0.25, 0.3) is 11.1 Å². The summed E-state index contributed by atoms with van der Waals surface area (Å²) in [5, 5.41) is 9.53. The summed E-state index contributed by atoms with van der Waals surface area (Å²) in [6, 6.07) is 15.2. The van der Waals surface area contributed by atoms with E-state index in [2.05, 4.69) is 4.98 Å².